The maximum Gasteiger partial charge on any atom is 0.416 e. The molecule has 3 amide bonds. The molecule has 3 aromatic rings. The Balaban J connectivity index is 1.24. The molecule has 0 saturated carbocycles. The van der Waals surface area contributed by atoms with Crippen LogP contribution >= 0.6 is 11.8 Å². The number of rotatable bonds is 5. The first-order valence-electron chi connectivity index (χ1n) is 12.4. The average molecular weight is 570 g/mol. The maximum atomic E-state index is 13.2. The number of carbonyl (C=O) groups is 3. The van der Waals surface area contributed by atoms with E-state index in [1.54, 1.807) is 41.3 Å². The third-order valence-electron chi connectivity index (χ3n) is 6.66. The van der Waals surface area contributed by atoms with Crippen LogP contribution in [-0.4, -0.2) is 53.0 Å². The Labute approximate surface area is 231 Å². The van der Waals surface area contributed by atoms with Crippen molar-refractivity contribution in [3.05, 3.63) is 106 Å². The molecule has 2 aliphatic heterocycles. The van der Waals surface area contributed by atoms with Gasteiger partial charge < -0.3 is 9.80 Å². The summed E-state index contributed by atoms with van der Waals surface area (Å²) in [5.41, 5.74) is 1.32. The van der Waals surface area contributed by atoms with E-state index in [-0.39, 0.29) is 17.4 Å². The lowest BCUT2D eigenvalue weighted by Gasteiger charge is -2.36. The Kier molecular flexibility index (Phi) is 7.66. The summed E-state index contributed by atoms with van der Waals surface area (Å²) in [6.07, 6.45) is -2.87. The third kappa shape index (κ3) is 6.04. The molecule has 11 heteroatoms. The Morgan fingerprint density at radius 1 is 0.900 bits per heavy atom. The van der Waals surface area contributed by atoms with Crippen LogP contribution in [-0.2, 0) is 17.5 Å². The molecule has 40 heavy (non-hydrogen) atoms. The van der Waals surface area contributed by atoms with Crippen molar-refractivity contribution < 1.29 is 31.9 Å². The Bertz CT molecular complexity index is 1480. The predicted molar refractivity (Wildman–Crippen MR) is 144 cm³/mol. The lowest BCUT2D eigenvalue weighted by atomic mass is 10.1. The van der Waals surface area contributed by atoms with Gasteiger partial charge in [0.25, 0.3) is 17.1 Å². The summed E-state index contributed by atoms with van der Waals surface area (Å²) >= 11 is 0.795. The number of piperazine rings is 1. The van der Waals surface area contributed by atoms with E-state index in [9.17, 15) is 31.9 Å². The number of alkyl halides is 3. The number of benzene rings is 3. The highest BCUT2D eigenvalue weighted by Gasteiger charge is 2.35. The van der Waals surface area contributed by atoms with E-state index in [1.807, 2.05) is 4.90 Å². The largest absolute Gasteiger partial charge is 0.416 e. The number of hydrogen-bond acceptors (Lipinski definition) is 5. The van der Waals surface area contributed by atoms with E-state index in [2.05, 4.69) is 0 Å². The quantitative estimate of drug-likeness (QED) is 0.277. The van der Waals surface area contributed by atoms with Crippen LogP contribution in [0.15, 0.2) is 77.7 Å². The van der Waals surface area contributed by atoms with Gasteiger partial charge in [0.05, 0.1) is 17.0 Å². The first-order chi connectivity index (χ1) is 19.1. The summed E-state index contributed by atoms with van der Waals surface area (Å²) in [4.78, 5) is 43.3. The van der Waals surface area contributed by atoms with Gasteiger partial charge in [0, 0.05) is 37.4 Å². The summed E-state index contributed by atoms with van der Waals surface area (Å²) in [6.45, 7) is 1.46. The van der Waals surface area contributed by atoms with Crippen molar-refractivity contribution in [3.8, 4) is 0 Å². The van der Waals surface area contributed by atoms with Gasteiger partial charge in [-0.15, -0.1) is 0 Å². The van der Waals surface area contributed by atoms with Crippen molar-refractivity contribution in [3.63, 3.8) is 0 Å². The zero-order valence-corrected chi connectivity index (χ0v) is 21.8. The molecule has 3 aromatic carbocycles. The van der Waals surface area contributed by atoms with Crippen LogP contribution in [0.5, 0.6) is 0 Å². The molecule has 2 heterocycles. The molecule has 2 fully saturated rings. The van der Waals surface area contributed by atoms with Crippen LogP contribution in [0.3, 0.4) is 0 Å². The van der Waals surface area contributed by atoms with Gasteiger partial charge in [-0.3, -0.25) is 19.3 Å². The molecule has 5 rings (SSSR count). The Hall–Kier alpha value is -4.12. The van der Waals surface area contributed by atoms with E-state index in [0.29, 0.717) is 48.6 Å². The van der Waals surface area contributed by atoms with Gasteiger partial charge in [-0.05, 0) is 71.4 Å². The monoisotopic (exact) mass is 569 g/mol. The highest BCUT2D eigenvalue weighted by molar-refractivity contribution is 8.18. The van der Waals surface area contributed by atoms with E-state index in [4.69, 9.17) is 0 Å². The standard InChI is InChI=1S/C29H23F4N3O3S/c30-23-9-7-19(8-10-23)18-36-27(38)25(40-28(36)39)16-20-3-1-4-21(15-20)26(37)35-13-11-34(12-14-35)24-6-2-5-22(17-24)29(31,32)33/h1-10,15-17H,11-14,18H2. The van der Waals surface area contributed by atoms with Gasteiger partial charge >= 0.3 is 6.18 Å². The number of imide groups is 1. The lowest BCUT2D eigenvalue weighted by Crippen LogP contribution is -2.48. The Morgan fingerprint density at radius 2 is 1.60 bits per heavy atom. The molecular formula is C29H23F4N3O3S. The van der Waals surface area contributed by atoms with Gasteiger partial charge in [-0.1, -0.05) is 30.3 Å². The first-order valence-corrected chi connectivity index (χ1v) is 13.2. The number of amides is 3. The first kappa shape index (κ1) is 27.4. The van der Waals surface area contributed by atoms with Gasteiger partial charge in [0.15, 0.2) is 0 Å². The lowest BCUT2D eigenvalue weighted by molar-refractivity contribution is -0.137. The third-order valence-corrected chi connectivity index (χ3v) is 7.57. The van der Waals surface area contributed by atoms with Crippen LogP contribution in [0.1, 0.15) is 27.0 Å². The summed E-state index contributed by atoms with van der Waals surface area (Å²) < 4.78 is 52.4. The molecule has 0 bridgehead atoms. The van der Waals surface area contributed by atoms with Crippen LogP contribution < -0.4 is 4.90 Å². The van der Waals surface area contributed by atoms with Crippen LogP contribution in [0.4, 0.5) is 28.0 Å². The van der Waals surface area contributed by atoms with E-state index < -0.39 is 28.7 Å². The molecule has 0 atom stereocenters. The molecule has 0 unspecified atom stereocenters. The SMILES string of the molecule is O=C(c1cccc(C=C2SC(=O)N(Cc3ccc(F)cc3)C2=O)c1)N1CCN(c2cccc(C(F)(F)F)c2)CC1. The molecule has 0 aliphatic carbocycles. The maximum absolute atomic E-state index is 13.2. The van der Waals surface area contributed by atoms with Crippen LogP contribution in [0, 0.1) is 5.82 Å². The Morgan fingerprint density at radius 3 is 2.30 bits per heavy atom. The van der Waals surface area contributed by atoms with E-state index in [0.717, 1.165) is 28.8 Å². The number of halogens is 4. The molecule has 206 valence electrons. The van der Waals surface area contributed by atoms with Crippen molar-refractivity contribution in [2.45, 2.75) is 12.7 Å². The van der Waals surface area contributed by atoms with Gasteiger partial charge in [-0.2, -0.15) is 13.2 Å². The minimum atomic E-state index is -4.43. The topological polar surface area (TPSA) is 60.9 Å². The van der Waals surface area contributed by atoms with Crippen molar-refractivity contribution in [1.82, 2.24) is 9.80 Å². The average Bonchev–Trinajstić information content (AvgIpc) is 3.21. The van der Waals surface area contributed by atoms with Gasteiger partial charge in [0.1, 0.15) is 5.82 Å². The summed E-state index contributed by atoms with van der Waals surface area (Å²) in [5, 5.41) is -0.438. The molecule has 2 saturated heterocycles. The fraction of sp³-hybridized carbons (Fsp3) is 0.207. The molecule has 0 spiro atoms. The van der Waals surface area contributed by atoms with Crippen molar-refractivity contribution in [2.24, 2.45) is 0 Å². The number of anilines is 1. The second-order valence-electron chi connectivity index (χ2n) is 9.35. The second kappa shape index (κ2) is 11.2. The minimum absolute atomic E-state index is 0.0211. The molecule has 0 aromatic heterocycles. The molecule has 2 aliphatic rings. The number of carbonyl (C=O) groups excluding carboxylic acids is 3. The minimum Gasteiger partial charge on any atom is -0.368 e. The van der Waals surface area contributed by atoms with Crippen molar-refractivity contribution >= 4 is 40.6 Å². The molecular weight excluding hydrogens is 546 g/mol. The molecule has 6 nitrogen and oxygen atoms in total. The van der Waals surface area contributed by atoms with E-state index in [1.165, 1.54) is 30.3 Å². The normalized spacial score (nSPS) is 17.2. The predicted octanol–water partition coefficient (Wildman–Crippen LogP) is 6.04. The summed E-state index contributed by atoms with van der Waals surface area (Å²) in [5.74, 6) is -1.12. The number of hydrogen-bond donors (Lipinski definition) is 0. The van der Waals surface area contributed by atoms with Crippen LogP contribution in [0.2, 0.25) is 0 Å². The van der Waals surface area contributed by atoms with Crippen LogP contribution in [0.25, 0.3) is 6.08 Å². The zero-order valence-electron chi connectivity index (χ0n) is 21.0. The van der Waals surface area contributed by atoms with Gasteiger partial charge in [0.2, 0.25) is 0 Å². The van der Waals surface area contributed by atoms with Crippen molar-refractivity contribution in [1.29, 1.82) is 0 Å². The second-order valence-corrected chi connectivity index (χ2v) is 10.3. The van der Waals surface area contributed by atoms with E-state index >= 15 is 0 Å². The van der Waals surface area contributed by atoms with Crippen molar-refractivity contribution in [2.75, 3.05) is 31.1 Å². The molecule has 0 radical (unpaired) electrons. The van der Waals surface area contributed by atoms with Gasteiger partial charge in [-0.25, -0.2) is 4.39 Å². The smallest absolute Gasteiger partial charge is 0.368 e. The fourth-order valence-electron chi connectivity index (χ4n) is 4.55. The number of thioether (sulfide) groups is 1. The zero-order chi connectivity index (χ0) is 28.4. The fourth-order valence-corrected chi connectivity index (χ4v) is 5.39. The summed E-state index contributed by atoms with van der Waals surface area (Å²) in [6, 6.07) is 17.4. The summed E-state index contributed by atoms with van der Waals surface area (Å²) in [7, 11) is 0. The highest BCUT2D eigenvalue weighted by Crippen LogP contribution is 2.34. The number of nitrogens with zero attached hydrogens (tertiary/aromatic N) is 3. The highest BCUT2D eigenvalue weighted by atomic mass is 32.2. The molecule has 0 N–H and O–H groups in total.